The number of aromatic nitrogens is 3. The van der Waals surface area contributed by atoms with Crippen LogP contribution in [-0.2, 0) is 0 Å². The Hall–Kier alpha value is -3.12. The van der Waals surface area contributed by atoms with E-state index in [1.54, 1.807) is 6.26 Å². The zero-order chi connectivity index (χ0) is 19.5. The Morgan fingerprint density at radius 2 is 1.64 bits per heavy atom. The maximum absolute atomic E-state index is 12.6. The number of carbonyl (C=O) groups is 1. The zero-order valence-electron chi connectivity index (χ0n) is 15.6. The highest BCUT2D eigenvalue weighted by Gasteiger charge is 2.19. The van der Waals surface area contributed by atoms with E-state index >= 15 is 0 Å². The molecular weight excluding hydrogens is 370 g/mol. The number of Topliss-reactive ketones (excluding diaryl/α,β-unsaturated/α-hetero) is 1. The van der Waals surface area contributed by atoms with Crippen molar-refractivity contribution >= 4 is 17.5 Å². The highest BCUT2D eigenvalue weighted by molar-refractivity contribution is 7.99. The number of rotatable bonds is 6. The lowest BCUT2D eigenvalue weighted by atomic mass is 10.1. The van der Waals surface area contributed by atoms with Gasteiger partial charge in [0.05, 0.1) is 12.0 Å². The van der Waals surface area contributed by atoms with Crippen molar-refractivity contribution < 1.29 is 9.21 Å². The average molecular weight is 389 g/mol. The topological polar surface area (TPSA) is 60.9 Å². The first-order valence-corrected chi connectivity index (χ1v) is 9.89. The van der Waals surface area contributed by atoms with Crippen LogP contribution >= 0.6 is 11.8 Å². The smallest absolute Gasteiger partial charge is 0.205 e. The van der Waals surface area contributed by atoms with E-state index < -0.39 is 0 Å². The first kappa shape index (κ1) is 18.3. The minimum atomic E-state index is 0.0583. The number of benzene rings is 2. The lowest BCUT2D eigenvalue weighted by Gasteiger charge is -2.09. The Labute approximate surface area is 167 Å². The molecule has 4 rings (SSSR count). The van der Waals surface area contributed by atoms with Crippen molar-refractivity contribution in [3.8, 4) is 17.3 Å². The summed E-state index contributed by atoms with van der Waals surface area (Å²) < 4.78 is 7.45. The van der Waals surface area contributed by atoms with E-state index in [1.165, 1.54) is 17.3 Å². The van der Waals surface area contributed by atoms with E-state index in [2.05, 4.69) is 10.2 Å². The first-order valence-electron chi connectivity index (χ1n) is 8.91. The normalized spacial score (nSPS) is 10.9. The van der Waals surface area contributed by atoms with Gasteiger partial charge in [-0.05, 0) is 38.1 Å². The second kappa shape index (κ2) is 7.86. The fourth-order valence-electron chi connectivity index (χ4n) is 2.81. The van der Waals surface area contributed by atoms with Gasteiger partial charge in [0.1, 0.15) is 0 Å². The number of nitrogens with zero attached hydrogens (tertiary/aromatic N) is 3. The second-order valence-corrected chi connectivity index (χ2v) is 7.47. The Morgan fingerprint density at radius 3 is 2.29 bits per heavy atom. The third-order valence-electron chi connectivity index (χ3n) is 4.37. The van der Waals surface area contributed by atoms with Crippen molar-refractivity contribution in [2.75, 3.05) is 5.75 Å². The number of ketones is 1. The predicted molar refractivity (Wildman–Crippen MR) is 110 cm³/mol. The molecule has 0 saturated carbocycles. The van der Waals surface area contributed by atoms with Crippen molar-refractivity contribution in [3.63, 3.8) is 0 Å². The molecular formula is C22H19N3O2S. The number of aryl methyl sites for hydroxylation is 2. The molecule has 140 valence electrons. The molecule has 0 N–H and O–H groups in total. The van der Waals surface area contributed by atoms with Crippen molar-refractivity contribution in [2.24, 2.45) is 0 Å². The summed E-state index contributed by atoms with van der Waals surface area (Å²) in [6, 6.07) is 19.4. The van der Waals surface area contributed by atoms with Crippen LogP contribution in [0.3, 0.4) is 0 Å². The van der Waals surface area contributed by atoms with Crippen molar-refractivity contribution in [3.05, 3.63) is 83.6 Å². The van der Waals surface area contributed by atoms with Gasteiger partial charge < -0.3 is 4.42 Å². The lowest BCUT2D eigenvalue weighted by Crippen LogP contribution is -2.05. The minimum Gasteiger partial charge on any atom is -0.461 e. The van der Waals surface area contributed by atoms with E-state index in [9.17, 15) is 4.79 Å². The molecule has 0 radical (unpaired) electrons. The molecule has 0 fully saturated rings. The highest BCUT2D eigenvalue weighted by Crippen LogP contribution is 2.28. The molecule has 0 aliphatic rings. The maximum atomic E-state index is 12.6. The number of hydrogen-bond acceptors (Lipinski definition) is 5. The Morgan fingerprint density at radius 1 is 0.964 bits per heavy atom. The largest absolute Gasteiger partial charge is 0.461 e. The number of hydrogen-bond donors (Lipinski definition) is 0. The monoisotopic (exact) mass is 389 g/mol. The van der Waals surface area contributed by atoms with E-state index in [0.29, 0.717) is 22.3 Å². The van der Waals surface area contributed by atoms with Gasteiger partial charge >= 0.3 is 0 Å². The van der Waals surface area contributed by atoms with Crippen LogP contribution in [0.2, 0.25) is 0 Å². The van der Waals surface area contributed by atoms with Gasteiger partial charge in [-0.2, -0.15) is 0 Å². The van der Waals surface area contributed by atoms with Crippen molar-refractivity contribution in [1.29, 1.82) is 0 Å². The molecule has 2 aromatic heterocycles. The molecule has 0 atom stereocenters. The number of carbonyl (C=O) groups excluding carboxylic acids is 1. The highest BCUT2D eigenvalue weighted by atomic mass is 32.2. The van der Waals surface area contributed by atoms with Gasteiger partial charge in [0.25, 0.3) is 0 Å². The Kier molecular flexibility index (Phi) is 5.12. The summed E-state index contributed by atoms with van der Waals surface area (Å²) in [5.41, 5.74) is 3.92. The van der Waals surface area contributed by atoms with Crippen LogP contribution in [0.4, 0.5) is 0 Å². The maximum Gasteiger partial charge on any atom is 0.205 e. The first-order chi connectivity index (χ1) is 13.6. The molecule has 0 aliphatic carbocycles. The molecule has 6 heteroatoms. The molecule has 0 saturated heterocycles. The predicted octanol–water partition coefficient (Wildman–Crippen LogP) is 5.12. The van der Waals surface area contributed by atoms with E-state index in [4.69, 9.17) is 4.42 Å². The summed E-state index contributed by atoms with van der Waals surface area (Å²) in [5, 5.41) is 9.27. The van der Waals surface area contributed by atoms with E-state index in [1.807, 2.05) is 79.1 Å². The quantitative estimate of drug-likeness (QED) is 0.338. The summed E-state index contributed by atoms with van der Waals surface area (Å²) in [4.78, 5) is 12.6. The van der Waals surface area contributed by atoms with E-state index in [-0.39, 0.29) is 11.5 Å². The van der Waals surface area contributed by atoms with Gasteiger partial charge in [-0.1, -0.05) is 59.3 Å². The minimum absolute atomic E-state index is 0.0583. The fourth-order valence-corrected chi connectivity index (χ4v) is 3.65. The molecule has 0 unspecified atom stereocenters. The van der Waals surface area contributed by atoms with Crippen LogP contribution in [0.15, 0.2) is 76.5 Å². The van der Waals surface area contributed by atoms with Crippen LogP contribution in [0.25, 0.3) is 17.3 Å². The molecule has 5 nitrogen and oxygen atoms in total. The number of thioether (sulfide) groups is 1. The van der Waals surface area contributed by atoms with Crippen LogP contribution in [0.5, 0.6) is 0 Å². The van der Waals surface area contributed by atoms with Crippen LogP contribution in [0.1, 0.15) is 21.5 Å². The molecule has 0 spiro atoms. The van der Waals surface area contributed by atoms with Crippen LogP contribution < -0.4 is 0 Å². The molecule has 28 heavy (non-hydrogen) atoms. The Balaban J connectivity index is 1.64. The van der Waals surface area contributed by atoms with Gasteiger partial charge in [0.2, 0.25) is 5.82 Å². The van der Waals surface area contributed by atoms with Gasteiger partial charge in [0.15, 0.2) is 16.7 Å². The van der Waals surface area contributed by atoms with Gasteiger partial charge in [0, 0.05) is 11.3 Å². The average Bonchev–Trinajstić information content (AvgIpc) is 3.37. The SMILES string of the molecule is Cc1ccc(C(=O)CSc2nnc(-c3ccco3)n2-c2ccc(C)cc2)cc1. The summed E-state index contributed by atoms with van der Waals surface area (Å²) >= 11 is 1.37. The van der Waals surface area contributed by atoms with Crippen LogP contribution in [0, 0.1) is 13.8 Å². The molecule has 2 heterocycles. The van der Waals surface area contributed by atoms with E-state index in [0.717, 1.165) is 11.3 Å². The molecule has 2 aromatic carbocycles. The van der Waals surface area contributed by atoms with Crippen LogP contribution in [-0.4, -0.2) is 26.3 Å². The summed E-state index contributed by atoms with van der Waals surface area (Å²) in [6.07, 6.45) is 1.61. The third-order valence-corrected chi connectivity index (χ3v) is 5.30. The zero-order valence-corrected chi connectivity index (χ0v) is 16.4. The Bertz CT molecular complexity index is 1080. The van der Waals surface area contributed by atoms with Crippen molar-refractivity contribution in [1.82, 2.24) is 14.8 Å². The van der Waals surface area contributed by atoms with Gasteiger partial charge in [-0.15, -0.1) is 10.2 Å². The molecule has 0 bridgehead atoms. The van der Waals surface area contributed by atoms with Gasteiger partial charge in [-0.3, -0.25) is 9.36 Å². The molecule has 0 aliphatic heterocycles. The summed E-state index contributed by atoms with van der Waals surface area (Å²) in [5.74, 6) is 1.58. The summed E-state index contributed by atoms with van der Waals surface area (Å²) in [7, 11) is 0. The van der Waals surface area contributed by atoms with Gasteiger partial charge in [-0.25, -0.2) is 0 Å². The van der Waals surface area contributed by atoms with Crippen molar-refractivity contribution in [2.45, 2.75) is 19.0 Å². The standard InChI is InChI=1S/C22H19N3O2S/c1-15-5-9-17(10-6-15)19(26)14-28-22-24-23-21(20-4-3-13-27-20)25(22)18-11-7-16(2)8-12-18/h3-13H,14H2,1-2H3. The molecule has 0 amide bonds. The fraction of sp³-hybridized carbons (Fsp3) is 0.136. The third kappa shape index (κ3) is 3.77. The number of furan rings is 1. The summed E-state index contributed by atoms with van der Waals surface area (Å²) in [6.45, 7) is 4.04. The molecule has 4 aromatic rings. The second-order valence-electron chi connectivity index (χ2n) is 6.53. The lowest BCUT2D eigenvalue weighted by molar-refractivity contribution is 0.102.